The third-order valence-corrected chi connectivity index (χ3v) is 5.85. The second-order valence-corrected chi connectivity index (χ2v) is 7.66. The molecule has 154 valence electrons. The van der Waals surface area contributed by atoms with E-state index in [1.165, 1.54) is 5.56 Å². The molecule has 7 nitrogen and oxygen atoms in total. The third-order valence-electron chi connectivity index (χ3n) is 5.85. The first-order chi connectivity index (χ1) is 14.1. The molecule has 1 aliphatic heterocycles. The summed E-state index contributed by atoms with van der Waals surface area (Å²) in [5, 5.41) is 4.93. The van der Waals surface area contributed by atoms with Crippen molar-refractivity contribution in [2.75, 3.05) is 58.5 Å². The van der Waals surface area contributed by atoms with E-state index in [0.29, 0.717) is 0 Å². The van der Waals surface area contributed by atoms with Crippen molar-refractivity contribution in [3.63, 3.8) is 0 Å². The van der Waals surface area contributed by atoms with Crippen LogP contribution in [0.2, 0.25) is 0 Å². The van der Waals surface area contributed by atoms with Crippen LogP contribution in [0.4, 0.5) is 5.82 Å². The quantitative estimate of drug-likeness (QED) is 0.682. The van der Waals surface area contributed by atoms with E-state index in [4.69, 9.17) is 19.6 Å². The van der Waals surface area contributed by atoms with Crippen LogP contribution in [-0.2, 0) is 4.74 Å². The van der Waals surface area contributed by atoms with Gasteiger partial charge in [0.25, 0.3) is 0 Å². The molecule has 3 aromatic rings. The molecule has 2 aromatic heterocycles. The number of nitrogens with zero attached hydrogens (tertiary/aromatic N) is 4. The Bertz CT molecular complexity index is 992. The zero-order chi connectivity index (χ0) is 20.4. The summed E-state index contributed by atoms with van der Waals surface area (Å²) in [5.41, 5.74) is 5.07. The van der Waals surface area contributed by atoms with Crippen molar-refractivity contribution >= 4 is 11.5 Å². The maximum absolute atomic E-state index is 5.38. The van der Waals surface area contributed by atoms with E-state index in [2.05, 4.69) is 30.9 Å². The highest BCUT2D eigenvalue weighted by atomic mass is 16.5. The van der Waals surface area contributed by atoms with E-state index < -0.39 is 0 Å². The molecular formula is C22H30N5O2+. The largest absolute Gasteiger partial charge is 0.497 e. The average Bonchev–Trinajstić information content (AvgIpc) is 3.17. The first-order valence-corrected chi connectivity index (χ1v) is 10.2. The number of hydrogen-bond acceptors (Lipinski definition) is 5. The molecule has 0 aliphatic carbocycles. The lowest BCUT2D eigenvalue weighted by molar-refractivity contribution is -0.900. The molecule has 1 N–H and O–H groups in total. The molecule has 0 spiro atoms. The summed E-state index contributed by atoms with van der Waals surface area (Å²) in [6.45, 7) is 10.3. The molecule has 7 heteroatoms. The molecule has 1 aliphatic rings. The van der Waals surface area contributed by atoms with E-state index >= 15 is 0 Å². The second-order valence-electron chi connectivity index (χ2n) is 7.66. The Balaban J connectivity index is 1.68. The van der Waals surface area contributed by atoms with Crippen LogP contribution in [-0.4, -0.2) is 68.1 Å². The normalized spacial score (nSPS) is 15.2. The number of aryl methyl sites for hydroxylation is 1. The van der Waals surface area contributed by atoms with Crippen molar-refractivity contribution in [1.82, 2.24) is 14.6 Å². The standard InChI is InChI=1S/C22H29N5O2/c1-16-17(2)23-21-15-20(18-6-5-7-19(14-18)29-4)24-27(21)22(16)26-10-8-25(9-11-26)12-13-28-3/h5-7,14-15H,8-13H2,1-4H3/p+1. The minimum absolute atomic E-state index is 0.816. The minimum Gasteiger partial charge on any atom is -0.497 e. The van der Waals surface area contributed by atoms with Crippen LogP contribution < -0.4 is 14.5 Å². The summed E-state index contributed by atoms with van der Waals surface area (Å²) in [7, 11) is 3.45. The van der Waals surface area contributed by atoms with E-state index in [0.717, 1.165) is 73.5 Å². The maximum atomic E-state index is 5.38. The Kier molecular flexibility index (Phi) is 5.69. The highest BCUT2D eigenvalue weighted by molar-refractivity contribution is 5.68. The van der Waals surface area contributed by atoms with Crippen molar-refractivity contribution in [3.8, 4) is 17.0 Å². The summed E-state index contributed by atoms with van der Waals surface area (Å²) in [6.07, 6.45) is 0. The lowest BCUT2D eigenvalue weighted by Crippen LogP contribution is -3.15. The van der Waals surface area contributed by atoms with Crippen LogP contribution in [0, 0.1) is 13.8 Å². The van der Waals surface area contributed by atoms with Gasteiger partial charge in [0.05, 0.1) is 45.6 Å². The number of hydrogen-bond donors (Lipinski definition) is 1. The SMILES string of the molecule is COCC[NH+]1CCN(c2c(C)c(C)nc3cc(-c4cccc(OC)c4)nn23)CC1. The molecule has 1 fully saturated rings. The Hall–Kier alpha value is -2.64. The van der Waals surface area contributed by atoms with E-state index in [-0.39, 0.29) is 0 Å². The number of ether oxygens (including phenoxy) is 2. The Labute approximate surface area is 171 Å². The van der Waals surface area contributed by atoms with Crippen molar-refractivity contribution in [2.24, 2.45) is 0 Å². The summed E-state index contributed by atoms with van der Waals surface area (Å²) >= 11 is 0. The van der Waals surface area contributed by atoms with Crippen LogP contribution in [0.15, 0.2) is 30.3 Å². The lowest BCUT2D eigenvalue weighted by Gasteiger charge is -2.34. The molecule has 0 bridgehead atoms. The van der Waals surface area contributed by atoms with Gasteiger partial charge in [0.2, 0.25) is 0 Å². The van der Waals surface area contributed by atoms with Crippen LogP contribution in [0.25, 0.3) is 16.9 Å². The van der Waals surface area contributed by atoms with Gasteiger partial charge in [-0.25, -0.2) is 4.98 Å². The number of fused-ring (bicyclic) bond motifs is 1. The van der Waals surface area contributed by atoms with Crippen LogP contribution in [0.3, 0.4) is 0 Å². The second kappa shape index (κ2) is 8.39. The number of nitrogens with one attached hydrogen (secondary N) is 1. The monoisotopic (exact) mass is 396 g/mol. The predicted octanol–water partition coefficient (Wildman–Crippen LogP) is 1.37. The molecule has 3 heterocycles. The number of anilines is 1. The third kappa shape index (κ3) is 3.93. The molecular weight excluding hydrogens is 366 g/mol. The Morgan fingerprint density at radius 2 is 1.90 bits per heavy atom. The van der Waals surface area contributed by atoms with Gasteiger partial charge in [-0.3, -0.25) is 0 Å². The van der Waals surface area contributed by atoms with Gasteiger partial charge in [0.1, 0.15) is 18.1 Å². The Morgan fingerprint density at radius 1 is 1.10 bits per heavy atom. The summed E-state index contributed by atoms with van der Waals surface area (Å²) in [6, 6.07) is 10.1. The van der Waals surface area contributed by atoms with Gasteiger partial charge in [0, 0.05) is 30.0 Å². The highest BCUT2D eigenvalue weighted by Gasteiger charge is 2.25. The first-order valence-electron chi connectivity index (χ1n) is 10.2. The maximum Gasteiger partial charge on any atom is 0.158 e. The van der Waals surface area contributed by atoms with Crippen LogP contribution in [0.1, 0.15) is 11.3 Å². The molecule has 1 aromatic carbocycles. The smallest absolute Gasteiger partial charge is 0.158 e. The van der Waals surface area contributed by atoms with Gasteiger partial charge in [-0.1, -0.05) is 12.1 Å². The molecule has 0 radical (unpaired) electrons. The number of piperazine rings is 1. The number of aromatic nitrogens is 3. The van der Waals surface area contributed by atoms with Gasteiger partial charge in [-0.15, -0.1) is 0 Å². The highest BCUT2D eigenvalue weighted by Crippen LogP contribution is 2.28. The fraction of sp³-hybridized carbons (Fsp3) is 0.455. The van der Waals surface area contributed by atoms with Crippen molar-refractivity contribution in [2.45, 2.75) is 13.8 Å². The van der Waals surface area contributed by atoms with Crippen LogP contribution in [0.5, 0.6) is 5.75 Å². The molecule has 1 saturated heterocycles. The average molecular weight is 397 g/mol. The molecule has 0 amide bonds. The molecule has 4 rings (SSSR count). The number of methoxy groups -OCH3 is 2. The lowest BCUT2D eigenvalue weighted by atomic mass is 10.1. The Morgan fingerprint density at radius 3 is 2.62 bits per heavy atom. The predicted molar refractivity (Wildman–Crippen MR) is 114 cm³/mol. The van der Waals surface area contributed by atoms with E-state index in [9.17, 15) is 0 Å². The van der Waals surface area contributed by atoms with Crippen molar-refractivity contribution in [3.05, 3.63) is 41.6 Å². The first kappa shape index (κ1) is 19.7. The molecule has 0 atom stereocenters. The van der Waals surface area contributed by atoms with E-state index in [1.54, 1.807) is 19.1 Å². The number of benzene rings is 1. The fourth-order valence-corrected chi connectivity index (χ4v) is 4.01. The summed E-state index contributed by atoms with van der Waals surface area (Å²) < 4.78 is 12.6. The van der Waals surface area contributed by atoms with E-state index in [1.807, 2.05) is 22.7 Å². The topological polar surface area (TPSA) is 56.3 Å². The van der Waals surface area contributed by atoms with Gasteiger partial charge in [-0.2, -0.15) is 9.61 Å². The number of quaternary nitrogens is 1. The number of rotatable bonds is 6. The van der Waals surface area contributed by atoms with Crippen molar-refractivity contribution < 1.29 is 14.4 Å². The molecule has 0 unspecified atom stereocenters. The summed E-state index contributed by atoms with van der Waals surface area (Å²) in [5.74, 6) is 1.99. The molecule has 29 heavy (non-hydrogen) atoms. The van der Waals surface area contributed by atoms with Gasteiger partial charge < -0.3 is 19.3 Å². The van der Waals surface area contributed by atoms with Gasteiger partial charge in [-0.05, 0) is 26.0 Å². The van der Waals surface area contributed by atoms with Crippen LogP contribution >= 0.6 is 0 Å². The van der Waals surface area contributed by atoms with Gasteiger partial charge in [0.15, 0.2) is 5.65 Å². The zero-order valence-electron chi connectivity index (χ0n) is 17.7. The zero-order valence-corrected chi connectivity index (χ0v) is 17.7. The molecule has 0 saturated carbocycles. The fourth-order valence-electron chi connectivity index (χ4n) is 4.01. The minimum atomic E-state index is 0.816. The van der Waals surface area contributed by atoms with Crippen molar-refractivity contribution in [1.29, 1.82) is 0 Å². The van der Waals surface area contributed by atoms with Gasteiger partial charge >= 0.3 is 0 Å². The summed E-state index contributed by atoms with van der Waals surface area (Å²) in [4.78, 5) is 8.85.